The van der Waals surface area contributed by atoms with Gasteiger partial charge in [-0.05, 0) is 24.8 Å². The summed E-state index contributed by atoms with van der Waals surface area (Å²) >= 11 is 0. The summed E-state index contributed by atoms with van der Waals surface area (Å²) in [7, 11) is 0. The van der Waals surface area contributed by atoms with Gasteiger partial charge in [-0.1, -0.05) is 24.3 Å². The molecule has 0 bridgehead atoms. The molecule has 0 amide bonds. The summed E-state index contributed by atoms with van der Waals surface area (Å²) in [6, 6.07) is 7.34. The van der Waals surface area contributed by atoms with Crippen molar-refractivity contribution in [3.8, 4) is 0 Å². The van der Waals surface area contributed by atoms with E-state index in [0.29, 0.717) is 5.56 Å². The first-order valence-electron chi connectivity index (χ1n) is 5.67. The fourth-order valence-electron chi connectivity index (χ4n) is 1.98. The van der Waals surface area contributed by atoms with Crippen LogP contribution >= 0.6 is 0 Å². The van der Waals surface area contributed by atoms with Crippen LogP contribution in [0.1, 0.15) is 41.3 Å². The van der Waals surface area contributed by atoms with Gasteiger partial charge in [0.2, 0.25) is 0 Å². The number of ether oxygens (including phenoxy) is 1. The number of aliphatic hydroxyl groups is 1. The van der Waals surface area contributed by atoms with Gasteiger partial charge in [0.1, 0.15) is 6.61 Å². The van der Waals surface area contributed by atoms with E-state index in [1.165, 1.54) is 6.42 Å². The third kappa shape index (κ3) is 2.49. The molecule has 1 aliphatic heterocycles. The van der Waals surface area contributed by atoms with Gasteiger partial charge in [-0.3, -0.25) is 4.79 Å². The first kappa shape index (κ1) is 11.3. The maximum absolute atomic E-state index is 11.2. The first-order valence-corrected chi connectivity index (χ1v) is 5.67. The topological polar surface area (TPSA) is 46.5 Å². The smallest absolute Gasteiger partial charge is 0.188 e. The van der Waals surface area contributed by atoms with Crippen molar-refractivity contribution in [1.29, 1.82) is 0 Å². The Morgan fingerprint density at radius 2 is 2.06 bits per heavy atom. The van der Waals surface area contributed by atoms with Gasteiger partial charge < -0.3 is 9.84 Å². The number of carbonyl (C=O) groups excluding carboxylic acids is 1. The van der Waals surface area contributed by atoms with E-state index in [0.717, 1.165) is 25.0 Å². The van der Waals surface area contributed by atoms with Crippen molar-refractivity contribution in [1.82, 2.24) is 0 Å². The summed E-state index contributed by atoms with van der Waals surface area (Å²) in [6.45, 7) is 0.390. The average Bonchev–Trinajstić information content (AvgIpc) is 2.39. The number of Topliss-reactive ketones (excluding diaryl/α,β-unsaturated/α-hetero) is 1. The minimum atomic E-state index is -0.431. The van der Waals surface area contributed by atoms with Crippen LogP contribution in [0.15, 0.2) is 24.3 Å². The summed E-state index contributed by atoms with van der Waals surface area (Å²) in [5.41, 5.74) is 1.68. The van der Waals surface area contributed by atoms with Crippen molar-refractivity contribution >= 4 is 5.78 Å². The van der Waals surface area contributed by atoms with E-state index in [1.807, 2.05) is 12.1 Å². The number of benzene rings is 1. The van der Waals surface area contributed by atoms with E-state index in [1.54, 1.807) is 12.1 Å². The van der Waals surface area contributed by atoms with Gasteiger partial charge in [-0.15, -0.1) is 0 Å². The maximum atomic E-state index is 11.2. The van der Waals surface area contributed by atoms with Gasteiger partial charge >= 0.3 is 0 Å². The van der Waals surface area contributed by atoms with Crippen LogP contribution < -0.4 is 0 Å². The lowest BCUT2D eigenvalue weighted by Crippen LogP contribution is -2.12. The molecule has 16 heavy (non-hydrogen) atoms. The van der Waals surface area contributed by atoms with Crippen LogP contribution in [0, 0.1) is 0 Å². The Morgan fingerprint density at radius 3 is 2.62 bits per heavy atom. The standard InChI is InChI=1S/C13H16O3/c14-9-12(15)10-4-6-11(7-5-10)13-3-1-2-8-16-13/h4-7,13-14H,1-3,8-9H2. The van der Waals surface area contributed by atoms with Gasteiger partial charge in [-0.2, -0.15) is 0 Å². The number of rotatable bonds is 3. The number of hydrogen-bond acceptors (Lipinski definition) is 3. The average molecular weight is 220 g/mol. The molecule has 0 spiro atoms. The minimum absolute atomic E-state index is 0.173. The quantitative estimate of drug-likeness (QED) is 0.793. The molecule has 0 aromatic heterocycles. The molecule has 1 atom stereocenters. The summed E-state index contributed by atoms with van der Waals surface area (Å²) in [4.78, 5) is 11.2. The van der Waals surface area contributed by atoms with E-state index in [-0.39, 0.29) is 11.9 Å². The molecule has 1 heterocycles. The lowest BCUT2D eigenvalue weighted by Gasteiger charge is -2.22. The molecule has 0 aliphatic carbocycles. The molecular weight excluding hydrogens is 204 g/mol. The zero-order valence-electron chi connectivity index (χ0n) is 9.19. The molecule has 3 nitrogen and oxygen atoms in total. The molecule has 1 N–H and O–H groups in total. The van der Waals surface area contributed by atoms with Gasteiger partial charge in [0.25, 0.3) is 0 Å². The number of carbonyl (C=O) groups is 1. The highest BCUT2D eigenvalue weighted by Gasteiger charge is 2.16. The zero-order valence-corrected chi connectivity index (χ0v) is 9.19. The number of ketones is 1. The van der Waals surface area contributed by atoms with E-state index in [2.05, 4.69) is 0 Å². The SMILES string of the molecule is O=C(CO)c1ccc(C2CCCCO2)cc1. The summed E-state index contributed by atoms with van der Waals surface area (Å²) < 4.78 is 5.66. The van der Waals surface area contributed by atoms with Gasteiger partial charge in [0.05, 0.1) is 6.10 Å². The first-order chi connectivity index (χ1) is 7.81. The van der Waals surface area contributed by atoms with Crippen molar-refractivity contribution in [2.24, 2.45) is 0 Å². The van der Waals surface area contributed by atoms with Gasteiger partial charge in [0, 0.05) is 12.2 Å². The van der Waals surface area contributed by atoms with Crippen molar-refractivity contribution in [3.63, 3.8) is 0 Å². The van der Waals surface area contributed by atoms with Crippen molar-refractivity contribution < 1.29 is 14.6 Å². The van der Waals surface area contributed by atoms with E-state index in [9.17, 15) is 4.79 Å². The number of aliphatic hydroxyl groups excluding tert-OH is 1. The molecule has 1 unspecified atom stereocenters. The fraction of sp³-hybridized carbons (Fsp3) is 0.462. The van der Waals surface area contributed by atoms with Crippen molar-refractivity contribution in [2.45, 2.75) is 25.4 Å². The normalized spacial score (nSPS) is 20.7. The van der Waals surface area contributed by atoms with Gasteiger partial charge in [0.15, 0.2) is 5.78 Å². The molecule has 1 aliphatic rings. The summed E-state index contributed by atoms with van der Waals surface area (Å²) in [5, 5.41) is 8.73. The Morgan fingerprint density at radius 1 is 1.31 bits per heavy atom. The third-order valence-electron chi connectivity index (χ3n) is 2.93. The van der Waals surface area contributed by atoms with Crippen molar-refractivity contribution in [2.75, 3.05) is 13.2 Å². The lowest BCUT2D eigenvalue weighted by molar-refractivity contribution is 0.0149. The number of hydrogen-bond donors (Lipinski definition) is 1. The zero-order chi connectivity index (χ0) is 11.4. The Balaban J connectivity index is 2.09. The van der Waals surface area contributed by atoms with Crippen LogP contribution in [0.5, 0.6) is 0 Å². The maximum Gasteiger partial charge on any atom is 0.188 e. The molecule has 86 valence electrons. The van der Waals surface area contributed by atoms with E-state index < -0.39 is 6.61 Å². The lowest BCUT2D eigenvalue weighted by atomic mass is 9.99. The molecule has 0 saturated carbocycles. The van der Waals surface area contributed by atoms with Crippen LogP contribution in [0.4, 0.5) is 0 Å². The molecule has 1 aromatic rings. The highest BCUT2D eigenvalue weighted by atomic mass is 16.5. The Hall–Kier alpha value is -1.19. The third-order valence-corrected chi connectivity index (χ3v) is 2.93. The van der Waals surface area contributed by atoms with Crippen LogP contribution in [-0.4, -0.2) is 24.1 Å². The largest absolute Gasteiger partial charge is 0.388 e. The molecule has 1 fully saturated rings. The second kappa shape index (κ2) is 5.23. The molecule has 1 aromatic carbocycles. The molecule has 3 heteroatoms. The molecule has 0 radical (unpaired) electrons. The van der Waals surface area contributed by atoms with Crippen LogP contribution in [0.25, 0.3) is 0 Å². The highest BCUT2D eigenvalue weighted by Crippen LogP contribution is 2.27. The molecule has 1 saturated heterocycles. The minimum Gasteiger partial charge on any atom is -0.388 e. The predicted octanol–water partition coefficient (Wildman–Crippen LogP) is 2.10. The second-order valence-corrected chi connectivity index (χ2v) is 4.06. The summed E-state index contributed by atoms with van der Waals surface area (Å²) in [5.74, 6) is -0.240. The molecule has 2 rings (SSSR count). The molecular formula is C13H16O3. The van der Waals surface area contributed by atoms with Crippen LogP contribution in [-0.2, 0) is 4.74 Å². The second-order valence-electron chi connectivity index (χ2n) is 4.06. The van der Waals surface area contributed by atoms with E-state index >= 15 is 0 Å². The van der Waals surface area contributed by atoms with Crippen LogP contribution in [0.3, 0.4) is 0 Å². The monoisotopic (exact) mass is 220 g/mol. The fourth-order valence-corrected chi connectivity index (χ4v) is 1.98. The van der Waals surface area contributed by atoms with Crippen LogP contribution in [0.2, 0.25) is 0 Å². The van der Waals surface area contributed by atoms with Gasteiger partial charge in [-0.25, -0.2) is 0 Å². The Bertz CT molecular complexity index is 350. The summed E-state index contributed by atoms with van der Waals surface area (Å²) in [6.07, 6.45) is 3.55. The van der Waals surface area contributed by atoms with E-state index in [4.69, 9.17) is 9.84 Å². The van der Waals surface area contributed by atoms with Crippen molar-refractivity contribution in [3.05, 3.63) is 35.4 Å². The predicted molar refractivity (Wildman–Crippen MR) is 60.4 cm³/mol. The highest BCUT2D eigenvalue weighted by molar-refractivity contribution is 5.96. The Kier molecular flexibility index (Phi) is 3.70. The Labute approximate surface area is 95.0 Å².